The first-order chi connectivity index (χ1) is 8.22. The maximum Gasteiger partial charge on any atom is 0.118 e. The summed E-state index contributed by atoms with van der Waals surface area (Å²) in [5, 5.41) is 0. The van der Waals surface area contributed by atoms with Crippen LogP contribution in [-0.2, 0) is 6.54 Å². The molecule has 17 heavy (non-hydrogen) atoms. The van der Waals surface area contributed by atoms with E-state index in [0.717, 1.165) is 30.9 Å². The van der Waals surface area contributed by atoms with Gasteiger partial charge in [0.15, 0.2) is 0 Å². The molecule has 0 amide bonds. The minimum absolute atomic E-state index is 0.417. The quantitative estimate of drug-likeness (QED) is 0.854. The Morgan fingerprint density at radius 2 is 2.00 bits per heavy atom. The second kappa shape index (κ2) is 4.46. The van der Waals surface area contributed by atoms with Gasteiger partial charge in [0.1, 0.15) is 11.5 Å². The number of fused-ring (bicyclic) bond motifs is 2. The molecule has 0 spiro atoms. The lowest BCUT2D eigenvalue weighted by Gasteiger charge is -2.47. The fraction of sp³-hybridized carbons (Fsp3) is 0.714. The van der Waals surface area contributed by atoms with Crippen molar-refractivity contribution in [3.05, 3.63) is 23.7 Å². The van der Waals surface area contributed by atoms with Crippen molar-refractivity contribution >= 4 is 0 Å². The van der Waals surface area contributed by atoms with Gasteiger partial charge >= 0.3 is 0 Å². The predicted octanol–water partition coefficient (Wildman–Crippen LogP) is 2.43. The molecule has 0 aromatic carbocycles. The predicted molar refractivity (Wildman–Crippen MR) is 67.6 cm³/mol. The Bertz CT molecular complexity index is 373. The van der Waals surface area contributed by atoms with Crippen molar-refractivity contribution in [1.82, 2.24) is 4.90 Å². The number of piperidine rings is 2. The summed E-state index contributed by atoms with van der Waals surface area (Å²) < 4.78 is 5.71. The molecule has 3 nitrogen and oxygen atoms in total. The fourth-order valence-electron chi connectivity index (χ4n) is 3.53. The van der Waals surface area contributed by atoms with Gasteiger partial charge in [-0.05, 0) is 44.7 Å². The molecule has 94 valence electrons. The molecule has 2 aliphatic rings. The molecular formula is C14H22N2O. The van der Waals surface area contributed by atoms with Crippen molar-refractivity contribution in [2.75, 3.05) is 0 Å². The van der Waals surface area contributed by atoms with Gasteiger partial charge < -0.3 is 10.2 Å². The van der Waals surface area contributed by atoms with Crippen LogP contribution in [-0.4, -0.2) is 23.0 Å². The largest absolute Gasteiger partial charge is 0.465 e. The second-order valence-corrected chi connectivity index (χ2v) is 5.65. The van der Waals surface area contributed by atoms with Crippen molar-refractivity contribution in [3.63, 3.8) is 0 Å². The average Bonchev–Trinajstić information content (AvgIpc) is 2.65. The first-order valence-corrected chi connectivity index (χ1v) is 6.79. The molecule has 2 aliphatic heterocycles. The highest BCUT2D eigenvalue weighted by atomic mass is 16.3. The SMILES string of the molecule is Cc1ccc(CN2C3CCCC2CC(N)C3)o1. The van der Waals surface area contributed by atoms with Crippen LogP contribution in [0.1, 0.15) is 43.6 Å². The van der Waals surface area contributed by atoms with Crippen molar-refractivity contribution in [2.24, 2.45) is 5.73 Å². The van der Waals surface area contributed by atoms with E-state index in [-0.39, 0.29) is 0 Å². The molecule has 3 heteroatoms. The summed E-state index contributed by atoms with van der Waals surface area (Å²) in [6.07, 6.45) is 6.32. The standard InChI is InChI=1S/C14H22N2O/c1-10-5-6-14(17-10)9-16-12-3-2-4-13(16)8-11(15)7-12/h5-6,11-13H,2-4,7-9,15H2,1H3. The van der Waals surface area contributed by atoms with Crippen LogP contribution in [0.2, 0.25) is 0 Å². The minimum atomic E-state index is 0.417. The van der Waals surface area contributed by atoms with E-state index in [1.807, 2.05) is 6.92 Å². The number of hydrogen-bond donors (Lipinski definition) is 1. The van der Waals surface area contributed by atoms with Gasteiger partial charge in [0.2, 0.25) is 0 Å². The van der Waals surface area contributed by atoms with Gasteiger partial charge in [-0.25, -0.2) is 0 Å². The summed E-state index contributed by atoms with van der Waals surface area (Å²) in [5.41, 5.74) is 6.13. The third-order valence-electron chi connectivity index (χ3n) is 4.30. The third-order valence-corrected chi connectivity index (χ3v) is 4.30. The summed E-state index contributed by atoms with van der Waals surface area (Å²) in [4.78, 5) is 2.63. The highest BCUT2D eigenvalue weighted by molar-refractivity contribution is 5.07. The number of nitrogens with zero attached hydrogens (tertiary/aromatic N) is 1. The smallest absolute Gasteiger partial charge is 0.118 e. The fourth-order valence-corrected chi connectivity index (χ4v) is 3.53. The van der Waals surface area contributed by atoms with Crippen LogP contribution in [0.25, 0.3) is 0 Å². The molecule has 2 saturated heterocycles. The number of furan rings is 1. The zero-order chi connectivity index (χ0) is 11.8. The van der Waals surface area contributed by atoms with Crippen molar-refractivity contribution in [2.45, 2.75) is 63.7 Å². The van der Waals surface area contributed by atoms with Crippen LogP contribution in [0.5, 0.6) is 0 Å². The summed E-state index contributed by atoms with van der Waals surface area (Å²) in [6, 6.07) is 5.95. The van der Waals surface area contributed by atoms with Crippen LogP contribution >= 0.6 is 0 Å². The van der Waals surface area contributed by atoms with E-state index in [1.165, 1.54) is 19.3 Å². The molecule has 2 fully saturated rings. The summed E-state index contributed by atoms with van der Waals surface area (Å²) in [5.74, 6) is 2.12. The third kappa shape index (κ3) is 2.26. The molecular weight excluding hydrogens is 212 g/mol. The van der Waals surface area contributed by atoms with Gasteiger partial charge in [-0.2, -0.15) is 0 Å². The molecule has 3 heterocycles. The maximum absolute atomic E-state index is 6.13. The lowest BCUT2D eigenvalue weighted by atomic mass is 9.82. The zero-order valence-electron chi connectivity index (χ0n) is 10.6. The molecule has 2 bridgehead atoms. The Morgan fingerprint density at radius 3 is 2.59 bits per heavy atom. The lowest BCUT2D eigenvalue weighted by Crippen LogP contribution is -2.54. The van der Waals surface area contributed by atoms with E-state index < -0.39 is 0 Å². The lowest BCUT2D eigenvalue weighted by molar-refractivity contribution is 0.0191. The van der Waals surface area contributed by atoms with Crippen molar-refractivity contribution < 1.29 is 4.42 Å². The van der Waals surface area contributed by atoms with Crippen molar-refractivity contribution in [1.29, 1.82) is 0 Å². The van der Waals surface area contributed by atoms with E-state index >= 15 is 0 Å². The molecule has 0 saturated carbocycles. The number of hydrogen-bond acceptors (Lipinski definition) is 3. The monoisotopic (exact) mass is 234 g/mol. The van der Waals surface area contributed by atoms with Crippen LogP contribution < -0.4 is 5.73 Å². The summed E-state index contributed by atoms with van der Waals surface area (Å²) in [6.45, 7) is 2.98. The van der Waals surface area contributed by atoms with Crippen LogP contribution in [0.15, 0.2) is 16.5 Å². The van der Waals surface area contributed by atoms with Crippen LogP contribution in [0, 0.1) is 6.92 Å². The van der Waals surface area contributed by atoms with Gasteiger partial charge in [-0.1, -0.05) is 6.42 Å². The Labute approximate surface area is 103 Å². The Hall–Kier alpha value is -0.800. The van der Waals surface area contributed by atoms with Gasteiger partial charge in [-0.3, -0.25) is 4.90 Å². The van der Waals surface area contributed by atoms with E-state index in [9.17, 15) is 0 Å². The zero-order valence-corrected chi connectivity index (χ0v) is 10.6. The highest BCUT2D eigenvalue weighted by Gasteiger charge is 2.37. The highest BCUT2D eigenvalue weighted by Crippen LogP contribution is 2.34. The molecule has 0 radical (unpaired) electrons. The number of rotatable bonds is 2. The van der Waals surface area contributed by atoms with Crippen LogP contribution in [0.3, 0.4) is 0 Å². The summed E-state index contributed by atoms with van der Waals surface area (Å²) >= 11 is 0. The molecule has 0 aliphatic carbocycles. The van der Waals surface area contributed by atoms with Gasteiger partial charge in [0, 0.05) is 18.1 Å². The van der Waals surface area contributed by atoms with E-state index in [2.05, 4.69) is 17.0 Å². The first-order valence-electron chi connectivity index (χ1n) is 6.79. The normalized spacial score (nSPS) is 33.9. The van der Waals surface area contributed by atoms with E-state index in [0.29, 0.717) is 18.1 Å². The average molecular weight is 234 g/mol. The van der Waals surface area contributed by atoms with Crippen molar-refractivity contribution in [3.8, 4) is 0 Å². The Morgan fingerprint density at radius 1 is 1.29 bits per heavy atom. The van der Waals surface area contributed by atoms with E-state index in [1.54, 1.807) is 0 Å². The maximum atomic E-state index is 6.13. The van der Waals surface area contributed by atoms with Crippen LogP contribution in [0.4, 0.5) is 0 Å². The Kier molecular flexibility index (Phi) is 2.97. The topological polar surface area (TPSA) is 42.4 Å². The number of aryl methyl sites for hydroxylation is 1. The molecule has 1 aromatic rings. The Balaban J connectivity index is 1.73. The van der Waals surface area contributed by atoms with Gasteiger partial charge in [-0.15, -0.1) is 0 Å². The minimum Gasteiger partial charge on any atom is -0.465 e. The molecule has 1 aromatic heterocycles. The molecule has 2 atom stereocenters. The molecule has 3 rings (SSSR count). The van der Waals surface area contributed by atoms with E-state index in [4.69, 9.17) is 10.2 Å². The first kappa shape index (κ1) is 11.3. The molecule has 2 N–H and O–H groups in total. The second-order valence-electron chi connectivity index (χ2n) is 5.65. The number of nitrogens with two attached hydrogens (primary N) is 1. The molecule has 2 unspecified atom stereocenters. The van der Waals surface area contributed by atoms with Gasteiger partial charge in [0.25, 0.3) is 0 Å². The van der Waals surface area contributed by atoms with Gasteiger partial charge in [0.05, 0.1) is 6.54 Å². The summed E-state index contributed by atoms with van der Waals surface area (Å²) in [7, 11) is 0.